The standard InChI is InChI=1S/C18H21N3O2/c1-12-3-4-14(7-13(12)2)18(23)21-10-15(17(22)11-21)8-16-9-19-5-6-20-16/h3-7,9,15,17,22H,8,10-11H2,1-2H3/t15-,17-/m1/s1. The molecule has 3 rings (SSSR count). The molecule has 5 nitrogen and oxygen atoms in total. The smallest absolute Gasteiger partial charge is 0.253 e. The van der Waals surface area contributed by atoms with Crippen molar-refractivity contribution in [3.05, 3.63) is 59.2 Å². The molecule has 1 aliphatic heterocycles. The van der Waals surface area contributed by atoms with Crippen LogP contribution in [-0.4, -0.2) is 45.1 Å². The number of carbonyl (C=O) groups is 1. The van der Waals surface area contributed by atoms with E-state index in [0.717, 1.165) is 11.3 Å². The SMILES string of the molecule is Cc1ccc(C(=O)N2C[C@@H](Cc3cnccn3)[C@H](O)C2)cc1C. The van der Waals surface area contributed by atoms with Crippen molar-refractivity contribution >= 4 is 5.91 Å². The van der Waals surface area contributed by atoms with E-state index in [9.17, 15) is 9.90 Å². The lowest BCUT2D eigenvalue weighted by Gasteiger charge is -2.17. The predicted molar refractivity (Wildman–Crippen MR) is 87.1 cm³/mol. The van der Waals surface area contributed by atoms with E-state index in [1.54, 1.807) is 23.5 Å². The maximum absolute atomic E-state index is 12.6. The number of hydrogen-bond donors (Lipinski definition) is 1. The zero-order chi connectivity index (χ0) is 16.4. The van der Waals surface area contributed by atoms with E-state index in [1.165, 1.54) is 5.56 Å². The summed E-state index contributed by atoms with van der Waals surface area (Å²) >= 11 is 0. The molecule has 5 heteroatoms. The van der Waals surface area contributed by atoms with Crippen LogP contribution < -0.4 is 0 Å². The number of rotatable bonds is 3. The molecule has 23 heavy (non-hydrogen) atoms. The molecular weight excluding hydrogens is 290 g/mol. The Morgan fingerprint density at radius 2 is 2.09 bits per heavy atom. The van der Waals surface area contributed by atoms with Gasteiger partial charge in [-0.3, -0.25) is 14.8 Å². The number of aromatic nitrogens is 2. The Morgan fingerprint density at radius 3 is 2.78 bits per heavy atom. The van der Waals surface area contributed by atoms with Crippen LogP contribution in [0.5, 0.6) is 0 Å². The van der Waals surface area contributed by atoms with Gasteiger partial charge in [-0.25, -0.2) is 0 Å². The summed E-state index contributed by atoms with van der Waals surface area (Å²) in [5, 5.41) is 10.3. The number of carbonyl (C=O) groups excluding carboxylic acids is 1. The van der Waals surface area contributed by atoms with Crippen molar-refractivity contribution < 1.29 is 9.90 Å². The van der Waals surface area contributed by atoms with Crippen molar-refractivity contribution in [1.82, 2.24) is 14.9 Å². The van der Waals surface area contributed by atoms with Crippen LogP contribution >= 0.6 is 0 Å². The van der Waals surface area contributed by atoms with Gasteiger partial charge in [-0.1, -0.05) is 6.07 Å². The first-order valence-electron chi connectivity index (χ1n) is 7.84. The minimum Gasteiger partial charge on any atom is -0.391 e. The molecule has 1 aromatic heterocycles. The van der Waals surface area contributed by atoms with Crippen LogP contribution in [0.3, 0.4) is 0 Å². The Balaban J connectivity index is 1.70. The van der Waals surface area contributed by atoms with Crippen molar-refractivity contribution in [2.24, 2.45) is 5.92 Å². The lowest BCUT2D eigenvalue weighted by Crippen LogP contribution is -2.29. The first-order valence-corrected chi connectivity index (χ1v) is 7.84. The van der Waals surface area contributed by atoms with Crippen molar-refractivity contribution in [3.63, 3.8) is 0 Å². The molecule has 0 spiro atoms. The first-order chi connectivity index (χ1) is 11.0. The molecule has 1 amide bonds. The highest BCUT2D eigenvalue weighted by Gasteiger charge is 2.34. The summed E-state index contributed by atoms with van der Waals surface area (Å²) in [7, 11) is 0. The number of nitrogens with zero attached hydrogens (tertiary/aromatic N) is 3. The van der Waals surface area contributed by atoms with E-state index in [0.29, 0.717) is 25.1 Å². The maximum Gasteiger partial charge on any atom is 0.253 e. The number of likely N-dealkylation sites (tertiary alicyclic amines) is 1. The van der Waals surface area contributed by atoms with Gasteiger partial charge in [0.1, 0.15) is 0 Å². The second-order valence-electron chi connectivity index (χ2n) is 6.24. The van der Waals surface area contributed by atoms with E-state index in [-0.39, 0.29) is 11.8 Å². The molecule has 2 heterocycles. The third-order valence-electron chi connectivity index (χ3n) is 4.54. The van der Waals surface area contributed by atoms with Gasteiger partial charge in [0, 0.05) is 43.2 Å². The van der Waals surface area contributed by atoms with Gasteiger partial charge in [0.15, 0.2) is 0 Å². The van der Waals surface area contributed by atoms with Crippen molar-refractivity contribution in [2.45, 2.75) is 26.4 Å². The van der Waals surface area contributed by atoms with Gasteiger partial charge < -0.3 is 10.0 Å². The normalized spacial score (nSPS) is 20.7. The largest absolute Gasteiger partial charge is 0.391 e. The number of benzene rings is 1. The van der Waals surface area contributed by atoms with Crippen LogP contribution in [0.4, 0.5) is 0 Å². The summed E-state index contributed by atoms with van der Waals surface area (Å²) < 4.78 is 0. The average molecular weight is 311 g/mol. The van der Waals surface area contributed by atoms with Crippen LogP contribution in [0, 0.1) is 19.8 Å². The molecule has 2 aromatic rings. The second-order valence-corrected chi connectivity index (χ2v) is 6.24. The topological polar surface area (TPSA) is 66.3 Å². The Bertz CT molecular complexity index is 703. The predicted octanol–water partition coefficient (Wildman–Crippen LogP) is 1.77. The molecule has 0 saturated carbocycles. The fraction of sp³-hybridized carbons (Fsp3) is 0.389. The fourth-order valence-corrected chi connectivity index (χ4v) is 2.98. The van der Waals surface area contributed by atoms with Crippen LogP contribution in [0.25, 0.3) is 0 Å². The van der Waals surface area contributed by atoms with Gasteiger partial charge in [-0.15, -0.1) is 0 Å². The third-order valence-corrected chi connectivity index (χ3v) is 4.54. The number of β-amino-alcohol motifs (C(OH)–C–C–N with tert-alkyl or cyclic N) is 1. The van der Waals surface area contributed by atoms with Crippen molar-refractivity contribution in [3.8, 4) is 0 Å². The number of aliphatic hydroxyl groups is 1. The van der Waals surface area contributed by atoms with Crippen molar-refractivity contribution in [1.29, 1.82) is 0 Å². The summed E-state index contributed by atoms with van der Waals surface area (Å²) in [6.07, 6.45) is 5.10. The van der Waals surface area contributed by atoms with Gasteiger partial charge >= 0.3 is 0 Å². The third kappa shape index (κ3) is 3.40. The molecule has 120 valence electrons. The van der Waals surface area contributed by atoms with Gasteiger partial charge in [0.2, 0.25) is 0 Å². The number of amides is 1. The molecule has 0 radical (unpaired) electrons. The first kappa shape index (κ1) is 15.6. The molecule has 2 atom stereocenters. The Labute approximate surface area is 136 Å². The lowest BCUT2D eigenvalue weighted by molar-refractivity contribution is 0.0764. The number of hydrogen-bond acceptors (Lipinski definition) is 4. The number of aliphatic hydroxyl groups excluding tert-OH is 1. The van der Waals surface area contributed by atoms with E-state index in [1.807, 2.05) is 32.0 Å². The Hall–Kier alpha value is -2.27. The molecule has 1 aliphatic rings. The molecule has 1 N–H and O–H groups in total. The molecule has 0 bridgehead atoms. The zero-order valence-corrected chi connectivity index (χ0v) is 13.4. The fourth-order valence-electron chi connectivity index (χ4n) is 2.98. The summed E-state index contributed by atoms with van der Waals surface area (Å²) in [6, 6.07) is 5.74. The van der Waals surface area contributed by atoms with Crippen LogP contribution in [0.2, 0.25) is 0 Å². The highest BCUT2D eigenvalue weighted by Crippen LogP contribution is 2.23. The van der Waals surface area contributed by atoms with E-state index < -0.39 is 6.10 Å². The molecule has 1 saturated heterocycles. The minimum atomic E-state index is -0.521. The van der Waals surface area contributed by atoms with Gasteiger partial charge in [0.05, 0.1) is 11.8 Å². The van der Waals surface area contributed by atoms with E-state index >= 15 is 0 Å². The summed E-state index contributed by atoms with van der Waals surface area (Å²) in [5.74, 6) is -0.0176. The van der Waals surface area contributed by atoms with Gasteiger partial charge in [0.25, 0.3) is 5.91 Å². The van der Waals surface area contributed by atoms with Gasteiger partial charge in [-0.05, 0) is 43.5 Å². The van der Waals surface area contributed by atoms with E-state index in [4.69, 9.17) is 0 Å². The van der Waals surface area contributed by atoms with Crippen LogP contribution in [-0.2, 0) is 6.42 Å². The molecule has 1 fully saturated rings. The summed E-state index contributed by atoms with van der Waals surface area (Å²) in [6.45, 7) is 4.95. The molecule has 0 aliphatic carbocycles. The molecule has 0 unspecified atom stereocenters. The van der Waals surface area contributed by atoms with Crippen molar-refractivity contribution in [2.75, 3.05) is 13.1 Å². The maximum atomic E-state index is 12.6. The highest BCUT2D eigenvalue weighted by atomic mass is 16.3. The van der Waals surface area contributed by atoms with E-state index in [2.05, 4.69) is 9.97 Å². The Kier molecular flexibility index (Phi) is 4.39. The average Bonchev–Trinajstić information content (AvgIpc) is 2.91. The molecule has 1 aromatic carbocycles. The summed E-state index contributed by atoms with van der Waals surface area (Å²) in [5.41, 5.74) is 3.80. The summed E-state index contributed by atoms with van der Waals surface area (Å²) in [4.78, 5) is 22.7. The zero-order valence-electron chi connectivity index (χ0n) is 13.4. The Morgan fingerprint density at radius 1 is 1.26 bits per heavy atom. The lowest BCUT2D eigenvalue weighted by atomic mass is 10.0. The monoisotopic (exact) mass is 311 g/mol. The van der Waals surface area contributed by atoms with Crippen LogP contribution in [0.15, 0.2) is 36.8 Å². The molecular formula is C18H21N3O2. The number of aryl methyl sites for hydroxylation is 2. The van der Waals surface area contributed by atoms with Gasteiger partial charge in [-0.2, -0.15) is 0 Å². The highest BCUT2D eigenvalue weighted by molar-refractivity contribution is 5.94. The minimum absolute atomic E-state index is 0.00203. The van der Waals surface area contributed by atoms with Crippen LogP contribution in [0.1, 0.15) is 27.2 Å². The quantitative estimate of drug-likeness (QED) is 0.938. The second kappa shape index (κ2) is 6.46.